The van der Waals surface area contributed by atoms with Gasteiger partial charge in [-0.2, -0.15) is 0 Å². The monoisotopic (exact) mass is 775 g/mol. The van der Waals surface area contributed by atoms with Gasteiger partial charge in [0, 0.05) is 53.8 Å². The molecule has 0 atom stereocenters. The van der Waals surface area contributed by atoms with E-state index >= 15 is 0 Å². The van der Waals surface area contributed by atoms with E-state index in [-0.39, 0.29) is 10.8 Å². The Morgan fingerprint density at radius 1 is 0.424 bits per heavy atom. The second-order valence-corrected chi connectivity index (χ2v) is 18.4. The molecular weight excluding hydrogens is 735 g/mol. The largest absolute Gasteiger partial charge is 0.455 e. The molecule has 10 aromatic rings. The second kappa shape index (κ2) is 12.4. The van der Waals surface area contributed by atoms with Crippen molar-refractivity contribution < 1.29 is 4.42 Å². The van der Waals surface area contributed by atoms with Crippen molar-refractivity contribution >= 4 is 60.4 Å². The molecule has 0 radical (unpaired) electrons. The van der Waals surface area contributed by atoms with Gasteiger partial charge in [-0.3, -0.25) is 0 Å². The summed E-state index contributed by atoms with van der Waals surface area (Å²) < 4.78 is 7.82. The average molecular weight is 776 g/mol. The highest BCUT2D eigenvalue weighted by Gasteiger charge is 2.39. The lowest BCUT2D eigenvalue weighted by Gasteiger charge is -2.28. The third kappa shape index (κ3) is 4.98. The maximum Gasteiger partial charge on any atom is 0.143 e. The molecule has 0 aliphatic heterocycles. The third-order valence-corrected chi connectivity index (χ3v) is 14.5. The fourth-order valence-corrected chi connectivity index (χ4v) is 11.7. The summed E-state index contributed by atoms with van der Waals surface area (Å²) in [5.41, 5.74) is 19.3. The quantitative estimate of drug-likeness (QED) is 0.173. The predicted molar refractivity (Wildman–Crippen MR) is 250 cm³/mol. The molecule has 2 aliphatic carbocycles. The van der Waals surface area contributed by atoms with Crippen LogP contribution in [0.2, 0.25) is 0 Å². The highest BCUT2D eigenvalue weighted by atomic mass is 32.1. The number of anilines is 3. The summed E-state index contributed by atoms with van der Waals surface area (Å²) in [5.74, 6) is 0. The first-order valence-corrected chi connectivity index (χ1v) is 21.4. The van der Waals surface area contributed by atoms with Gasteiger partial charge in [0.05, 0.1) is 0 Å². The highest BCUT2D eigenvalue weighted by Crippen LogP contribution is 2.56. The first kappa shape index (κ1) is 34.4. The zero-order valence-corrected chi connectivity index (χ0v) is 34.3. The number of nitrogens with zero attached hydrogens (tertiary/aromatic N) is 1. The average Bonchev–Trinajstić information content (AvgIpc) is 3.97. The fourth-order valence-electron chi connectivity index (χ4n) is 10.3. The molecule has 282 valence electrons. The lowest BCUT2D eigenvalue weighted by molar-refractivity contribution is 0.660. The standard InChI is InChI=1S/C56H41NOS/c1-55(2)47-17-8-5-12-41(47)42-31-29-39(33-49(42)55)57(38-27-22-35(23-28-38)40-15-11-16-44-43-13-6-9-18-50(43)58-53(40)44)37-25-20-34(21-26-37)36-24-30-45-48(32-36)56(3,4)52-46-14-7-10-19-51(46)59-54(45)52/h5-33H,1-4H3. The molecule has 0 saturated carbocycles. The maximum absolute atomic E-state index is 6.45. The van der Waals surface area contributed by atoms with Crippen LogP contribution in [-0.4, -0.2) is 0 Å². The minimum absolute atomic E-state index is 0.0693. The Hall–Kier alpha value is -6.68. The highest BCUT2D eigenvalue weighted by molar-refractivity contribution is 7.22. The molecule has 0 bridgehead atoms. The third-order valence-electron chi connectivity index (χ3n) is 13.3. The van der Waals surface area contributed by atoms with E-state index in [0.29, 0.717) is 0 Å². The summed E-state index contributed by atoms with van der Waals surface area (Å²) >= 11 is 1.93. The molecule has 2 aromatic heterocycles. The Morgan fingerprint density at radius 3 is 1.83 bits per heavy atom. The van der Waals surface area contributed by atoms with Crippen LogP contribution in [0.4, 0.5) is 17.1 Å². The van der Waals surface area contributed by atoms with E-state index in [0.717, 1.165) is 50.1 Å². The van der Waals surface area contributed by atoms with Crippen molar-refractivity contribution in [2.75, 3.05) is 4.90 Å². The van der Waals surface area contributed by atoms with Crippen molar-refractivity contribution in [2.24, 2.45) is 0 Å². The van der Waals surface area contributed by atoms with Crippen molar-refractivity contribution in [2.45, 2.75) is 38.5 Å². The summed E-state index contributed by atoms with van der Waals surface area (Å²) in [6, 6.07) is 64.8. The number of hydrogen-bond acceptors (Lipinski definition) is 3. The van der Waals surface area contributed by atoms with Crippen LogP contribution in [0.5, 0.6) is 0 Å². The minimum Gasteiger partial charge on any atom is -0.455 e. The smallest absolute Gasteiger partial charge is 0.143 e. The summed E-state index contributed by atoms with van der Waals surface area (Å²) in [4.78, 5) is 3.83. The van der Waals surface area contributed by atoms with E-state index in [1.165, 1.54) is 65.0 Å². The summed E-state index contributed by atoms with van der Waals surface area (Å²) in [6.45, 7) is 9.49. The number of fused-ring (bicyclic) bond motifs is 11. The molecule has 2 aliphatic rings. The van der Waals surface area contributed by atoms with Crippen LogP contribution < -0.4 is 4.90 Å². The molecule has 0 unspecified atom stereocenters. The molecule has 0 spiro atoms. The lowest BCUT2D eigenvalue weighted by atomic mass is 9.80. The Bertz CT molecular complexity index is 3320. The number of furan rings is 1. The van der Waals surface area contributed by atoms with Crippen molar-refractivity contribution in [1.82, 2.24) is 0 Å². The van der Waals surface area contributed by atoms with Gasteiger partial charge in [-0.1, -0.05) is 149 Å². The van der Waals surface area contributed by atoms with Crippen molar-refractivity contribution in [3.05, 3.63) is 198 Å². The van der Waals surface area contributed by atoms with E-state index in [2.05, 4.69) is 196 Å². The number of thiophene rings is 1. The first-order chi connectivity index (χ1) is 28.8. The number of benzene rings is 8. The molecule has 59 heavy (non-hydrogen) atoms. The Labute approximate surface area is 348 Å². The van der Waals surface area contributed by atoms with Gasteiger partial charge >= 0.3 is 0 Å². The van der Waals surface area contributed by atoms with Crippen molar-refractivity contribution in [1.29, 1.82) is 0 Å². The summed E-state index contributed by atoms with van der Waals surface area (Å²) in [5, 5.41) is 3.67. The molecule has 3 heteroatoms. The van der Waals surface area contributed by atoms with Crippen LogP contribution in [0.25, 0.3) is 75.8 Å². The van der Waals surface area contributed by atoms with Crippen LogP contribution in [0.3, 0.4) is 0 Å². The van der Waals surface area contributed by atoms with Gasteiger partial charge in [-0.15, -0.1) is 11.3 Å². The number of hydrogen-bond donors (Lipinski definition) is 0. The van der Waals surface area contributed by atoms with Gasteiger partial charge in [0.2, 0.25) is 0 Å². The van der Waals surface area contributed by atoms with E-state index in [1.807, 2.05) is 23.5 Å². The van der Waals surface area contributed by atoms with Gasteiger partial charge in [0.1, 0.15) is 11.2 Å². The molecule has 2 heterocycles. The van der Waals surface area contributed by atoms with Gasteiger partial charge < -0.3 is 9.32 Å². The topological polar surface area (TPSA) is 16.4 Å². The van der Waals surface area contributed by atoms with Gasteiger partial charge in [0.25, 0.3) is 0 Å². The zero-order valence-electron chi connectivity index (χ0n) is 33.5. The maximum atomic E-state index is 6.45. The van der Waals surface area contributed by atoms with E-state index in [9.17, 15) is 0 Å². The molecular formula is C56H41NOS. The number of para-hydroxylation sites is 2. The molecule has 0 saturated heterocycles. The van der Waals surface area contributed by atoms with Gasteiger partial charge in [0.15, 0.2) is 0 Å². The van der Waals surface area contributed by atoms with Crippen LogP contribution in [0.15, 0.2) is 180 Å². The van der Waals surface area contributed by atoms with Crippen LogP contribution in [0, 0.1) is 0 Å². The van der Waals surface area contributed by atoms with Crippen LogP contribution >= 0.6 is 11.3 Å². The van der Waals surface area contributed by atoms with Crippen molar-refractivity contribution in [3.63, 3.8) is 0 Å². The summed E-state index contributed by atoms with van der Waals surface area (Å²) in [6.07, 6.45) is 0. The summed E-state index contributed by atoms with van der Waals surface area (Å²) in [7, 11) is 0. The molecule has 8 aromatic carbocycles. The Balaban J connectivity index is 0.949. The lowest BCUT2D eigenvalue weighted by Crippen LogP contribution is -2.16. The molecule has 0 N–H and O–H groups in total. The van der Waals surface area contributed by atoms with E-state index < -0.39 is 0 Å². The van der Waals surface area contributed by atoms with Crippen LogP contribution in [-0.2, 0) is 10.8 Å². The Kier molecular flexibility index (Phi) is 7.23. The Morgan fingerprint density at radius 2 is 1.02 bits per heavy atom. The molecule has 2 nitrogen and oxygen atoms in total. The van der Waals surface area contributed by atoms with E-state index in [1.54, 1.807) is 0 Å². The predicted octanol–water partition coefficient (Wildman–Crippen LogP) is 16.2. The molecule has 0 fully saturated rings. The number of rotatable bonds is 5. The first-order valence-electron chi connectivity index (χ1n) is 20.6. The normalized spacial score (nSPS) is 14.4. The van der Waals surface area contributed by atoms with Gasteiger partial charge in [-0.25, -0.2) is 0 Å². The van der Waals surface area contributed by atoms with Crippen LogP contribution in [0.1, 0.15) is 49.9 Å². The zero-order chi connectivity index (χ0) is 39.6. The minimum atomic E-state index is -0.108. The van der Waals surface area contributed by atoms with E-state index in [4.69, 9.17) is 4.42 Å². The SMILES string of the molecule is CC1(C)c2ccccc2-c2ccc(N(c3ccc(-c4ccc5c(c4)C(C)(C)c4c-5sc5ccccc45)cc3)c3ccc(-c4cccc5c4oc4ccccc45)cc3)cc21. The van der Waals surface area contributed by atoms with Crippen molar-refractivity contribution in [3.8, 4) is 43.8 Å². The van der Waals surface area contributed by atoms with Gasteiger partial charge in [-0.05, 0) is 116 Å². The second-order valence-electron chi connectivity index (χ2n) is 17.3. The molecule has 12 rings (SSSR count). The fraction of sp³-hybridized carbons (Fsp3) is 0.107. The molecule has 0 amide bonds.